The maximum atomic E-state index is 8.78. The molecule has 0 aromatic heterocycles. The molecule has 3 atom stereocenters. The van der Waals surface area contributed by atoms with Crippen LogP contribution in [0, 0.1) is 29.1 Å². The molecule has 58 valence electrons. The molecule has 3 unspecified atom stereocenters. The molecule has 2 bridgehead atoms. The molecule has 0 aromatic rings. The number of allylic oxidation sites excluding steroid dienone is 2. The van der Waals surface area contributed by atoms with Crippen molar-refractivity contribution >= 4 is 0 Å². The van der Waals surface area contributed by atoms with Crippen molar-refractivity contribution in [3.8, 4) is 6.07 Å². The summed E-state index contributed by atoms with van der Waals surface area (Å²) in [7, 11) is 0. The minimum atomic E-state index is 0.378. The third kappa shape index (κ3) is 0.894. The Morgan fingerprint density at radius 1 is 1.55 bits per heavy atom. The predicted molar refractivity (Wildman–Crippen MR) is 43.7 cm³/mol. The highest BCUT2D eigenvalue weighted by molar-refractivity contribution is 5.20. The Hall–Kier alpha value is -0.770. The first kappa shape index (κ1) is 6.91. The van der Waals surface area contributed by atoms with E-state index in [1.54, 1.807) is 5.57 Å². The summed E-state index contributed by atoms with van der Waals surface area (Å²) in [6, 6.07) is 2.41. The molecule has 2 rings (SSSR count). The SMILES string of the molecule is C/C=C1\CC2CC1CC2C#N. The van der Waals surface area contributed by atoms with E-state index in [1.165, 1.54) is 12.8 Å². The molecule has 1 heteroatoms. The summed E-state index contributed by atoms with van der Waals surface area (Å²) in [5.74, 6) is 1.86. The summed E-state index contributed by atoms with van der Waals surface area (Å²) in [6.45, 7) is 2.12. The van der Waals surface area contributed by atoms with Gasteiger partial charge in [0.05, 0.1) is 12.0 Å². The zero-order valence-electron chi connectivity index (χ0n) is 6.88. The van der Waals surface area contributed by atoms with Crippen LogP contribution in [-0.2, 0) is 0 Å². The minimum absolute atomic E-state index is 0.378. The van der Waals surface area contributed by atoms with Crippen LogP contribution in [0.3, 0.4) is 0 Å². The second-order valence-corrected chi connectivity index (χ2v) is 3.73. The maximum Gasteiger partial charge on any atom is 0.0659 e. The molecule has 0 saturated heterocycles. The van der Waals surface area contributed by atoms with E-state index in [9.17, 15) is 0 Å². The lowest BCUT2D eigenvalue weighted by Crippen LogP contribution is -2.09. The fraction of sp³-hybridized carbons (Fsp3) is 0.700. The van der Waals surface area contributed by atoms with Gasteiger partial charge in [-0.25, -0.2) is 0 Å². The molecule has 1 nitrogen and oxygen atoms in total. The van der Waals surface area contributed by atoms with E-state index in [1.807, 2.05) is 0 Å². The Morgan fingerprint density at radius 3 is 2.82 bits per heavy atom. The van der Waals surface area contributed by atoms with Gasteiger partial charge in [-0.05, 0) is 38.0 Å². The van der Waals surface area contributed by atoms with Crippen LogP contribution < -0.4 is 0 Å². The quantitative estimate of drug-likeness (QED) is 0.483. The molecule has 0 aromatic carbocycles. The Balaban J connectivity index is 2.16. The topological polar surface area (TPSA) is 23.8 Å². The van der Waals surface area contributed by atoms with Gasteiger partial charge in [-0.2, -0.15) is 5.26 Å². The third-order valence-corrected chi connectivity index (χ3v) is 3.25. The second kappa shape index (κ2) is 2.37. The van der Waals surface area contributed by atoms with Crippen LogP contribution in [-0.4, -0.2) is 0 Å². The monoisotopic (exact) mass is 147 g/mol. The molecular formula is C10H13N. The van der Waals surface area contributed by atoms with E-state index in [0.29, 0.717) is 11.8 Å². The van der Waals surface area contributed by atoms with Crippen molar-refractivity contribution in [3.63, 3.8) is 0 Å². The van der Waals surface area contributed by atoms with Gasteiger partial charge in [-0.3, -0.25) is 0 Å². The second-order valence-electron chi connectivity index (χ2n) is 3.73. The molecule has 0 spiro atoms. The first-order chi connectivity index (χ1) is 5.35. The maximum absolute atomic E-state index is 8.78. The molecule has 0 aliphatic heterocycles. The van der Waals surface area contributed by atoms with Gasteiger partial charge in [0, 0.05) is 0 Å². The van der Waals surface area contributed by atoms with E-state index in [-0.39, 0.29) is 0 Å². The molecule has 2 fully saturated rings. The van der Waals surface area contributed by atoms with Crippen molar-refractivity contribution in [3.05, 3.63) is 11.6 Å². The summed E-state index contributed by atoms with van der Waals surface area (Å²) in [4.78, 5) is 0. The standard InChI is InChI=1S/C10H13N/c1-2-7-3-9-4-8(7)5-10(9)6-11/h2,8-10H,3-5H2,1H3/b7-2+. The molecule has 0 radical (unpaired) electrons. The molecule has 0 amide bonds. The van der Waals surface area contributed by atoms with E-state index >= 15 is 0 Å². The van der Waals surface area contributed by atoms with Crippen molar-refractivity contribution in [2.24, 2.45) is 17.8 Å². The van der Waals surface area contributed by atoms with Crippen LogP contribution in [0.1, 0.15) is 26.2 Å². The van der Waals surface area contributed by atoms with Gasteiger partial charge in [-0.1, -0.05) is 11.6 Å². The minimum Gasteiger partial charge on any atom is -0.198 e. The summed E-state index contributed by atoms with van der Waals surface area (Å²) in [5.41, 5.74) is 1.61. The first-order valence-electron chi connectivity index (χ1n) is 4.40. The highest BCUT2D eigenvalue weighted by Crippen LogP contribution is 2.50. The van der Waals surface area contributed by atoms with Gasteiger partial charge in [-0.15, -0.1) is 0 Å². The Bertz CT molecular complexity index is 234. The van der Waals surface area contributed by atoms with Crippen LogP contribution in [0.4, 0.5) is 0 Å². The van der Waals surface area contributed by atoms with Crippen molar-refractivity contribution in [1.82, 2.24) is 0 Å². The van der Waals surface area contributed by atoms with Crippen molar-refractivity contribution in [2.45, 2.75) is 26.2 Å². The normalized spacial score (nSPS) is 44.7. The van der Waals surface area contributed by atoms with Crippen molar-refractivity contribution < 1.29 is 0 Å². The van der Waals surface area contributed by atoms with Gasteiger partial charge in [0.25, 0.3) is 0 Å². The van der Waals surface area contributed by atoms with E-state index in [4.69, 9.17) is 5.26 Å². The highest BCUT2D eigenvalue weighted by Gasteiger charge is 2.42. The van der Waals surface area contributed by atoms with Gasteiger partial charge in [0.15, 0.2) is 0 Å². The molecule has 2 saturated carbocycles. The Kier molecular flexibility index (Phi) is 1.49. The van der Waals surface area contributed by atoms with E-state index < -0.39 is 0 Å². The fourth-order valence-corrected chi connectivity index (χ4v) is 2.63. The average Bonchev–Trinajstić information content (AvgIpc) is 2.60. The van der Waals surface area contributed by atoms with Crippen LogP contribution in [0.15, 0.2) is 11.6 Å². The molecule has 2 aliphatic rings. The number of nitriles is 1. The summed E-state index contributed by atoms with van der Waals surface area (Å²) in [6.07, 6.45) is 5.89. The lowest BCUT2D eigenvalue weighted by molar-refractivity contribution is 0.457. The number of rotatable bonds is 0. The van der Waals surface area contributed by atoms with Gasteiger partial charge < -0.3 is 0 Å². The number of fused-ring (bicyclic) bond motifs is 2. The van der Waals surface area contributed by atoms with E-state index in [0.717, 1.165) is 12.3 Å². The van der Waals surface area contributed by atoms with Crippen LogP contribution in [0.2, 0.25) is 0 Å². The summed E-state index contributed by atoms with van der Waals surface area (Å²) in [5, 5.41) is 8.78. The number of hydrogen-bond donors (Lipinski definition) is 0. The average molecular weight is 147 g/mol. The molecule has 0 heterocycles. The highest BCUT2D eigenvalue weighted by atomic mass is 14.5. The zero-order chi connectivity index (χ0) is 7.84. The first-order valence-corrected chi connectivity index (χ1v) is 4.40. The molecule has 11 heavy (non-hydrogen) atoms. The Labute approximate surface area is 67.7 Å². The zero-order valence-corrected chi connectivity index (χ0v) is 6.88. The molecule has 0 N–H and O–H groups in total. The van der Waals surface area contributed by atoms with E-state index in [2.05, 4.69) is 19.1 Å². The fourth-order valence-electron chi connectivity index (χ4n) is 2.63. The lowest BCUT2D eigenvalue weighted by atomic mass is 9.87. The van der Waals surface area contributed by atoms with Crippen LogP contribution in [0.25, 0.3) is 0 Å². The largest absolute Gasteiger partial charge is 0.198 e. The smallest absolute Gasteiger partial charge is 0.0659 e. The predicted octanol–water partition coefficient (Wildman–Crippen LogP) is 2.50. The van der Waals surface area contributed by atoms with Gasteiger partial charge >= 0.3 is 0 Å². The lowest BCUT2D eigenvalue weighted by Gasteiger charge is -2.16. The van der Waals surface area contributed by atoms with Crippen molar-refractivity contribution in [1.29, 1.82) is 5.26 Å². The van der Waals surface area contributed by atoms with Crippen LogP contribution in [0.5, 0.6) is 0 Å². The van der Waals surface area contributed by atoms with Crippen molar-refractivity contribution in [2.75, 3.05) is 0 Å². The molecule has 2 aliphatic carbocycles. The number of hydrogen-bond acceptors (Lipinski definition) is 1. The summed E-state index contributed by atoms with van der Waals surface area (Å²) < 4.78 is 0. The number of nitrogens with zero attached hydrogens (tertiary/aromatic N) is 1. The van der Waals surface area contributed by atoms with Gasteiger partial charge in [0.1, 0.15) is 0 Å². The summed E-state index contributed by atoms with van der Waals surface area (Å²) >= 11 is 0. The third-order valence-electron chi connectivity index (χ3n) is 3.25. The molecular weight excluding hydrogens is 134 g/mol. The van der Waals surface area contributed by atoms with Crippen LogP contribution >= 0.6 is 0 Å². The van der Waals surface area contributed by atoms with Gasteiger partial charge in [0.2, 0.25) is 0 Å². The Morgan fingerprint density at radius 2 is 2.36 bits per heavy atom.